The van der Waals surface area contributed by atoms with E-state index in [1.807, 2.05) is 18.7 Å². The van der Waals surface area contributed by atoms with E-state index in [-0.39, 0.29) is 29.9 Å². The summed E-state index contributed by atoms with van der Waals surface area (Å²) in [5, 5.41) is 3.35. The van der Waals surface area contributed by atoms with Crippen LogP contribution in [0, 0.1) is 5.92 Å². The summed E-state index contributed by atoms with van der Waals surface area (Å²) in [5.41, 5.74) is 0. The van der Waals surface area contributed by atoms with E-state index in [4.69, 9.17) is 0 Å². The fraction of sp³-hybridized carbons (Fsp3) is 0.875. The van der Waals surface area contributed by atoms with Gasteiger partial charge < -0.3 is 15.1 Å². The first-order valence-corrected chi connectivity index (χ1v) is 8.43. The van der Waals surface area contributed by atoms with Gasteiger partial charge in [-0.3, -0.25) is 9.79 Å². The lowest BCUT2D eigenvalue weighted by Crippen LogP contribution is -2.45. The van der Waals surface area contributed by atoms with Crippen LogP contribution in [0.25, 0.3) is 0 Å². The number of piperidine rings is 1. The zero-order valence-corrected chi connectivity index (χ0v) is 16.9. The van der Waals surface area contributed by atoms with E-state index in [1.165, 1.54) is 12.8 Å². The standard InChI is InChI=1S/C16H32N4O.HI/c1-5-17-16(20-12-9-14(4)10-13-20)18-11-8-15(21)19(6-2)7-3;/h14H,5-13H2,1-4H3,(H,17,18);1H. The fourth-order valence-corrected chi connectivity index (χ4v) is 2.64. The van der Waals surface area contributed by atoms with Crippen LogP contribution in [-0.4, -0.2) is 60.9 Å². The minimum atomic E-state index is 0. The van der Waals surface area contributed by atoms with E-state index in [0.29, 0.717) is 13.0 Å². The van der Waals surface area contributed by atoms with Crippen molar-refractivity contribution in [1.29, 1.82) is 0 Å². The molecule has 1 fully saturated rings. The van der Waals surface area contributed by atoms with Crippen molar-refractivity contribution in [2.75, 3.05) is 39.3 Å². The minimum absolute atomic E-state index is 0. The second kappa shape index (κ2) is 12.0. The van der Waals surface area contributed by atoms with Crippen LogP contribution in [0.2, 0.25) is 0 Å². The molecule has 0 aliphatic carbocycles. The monoisotopic (exact) mass is 424 g/mol. The number of halogens is 1. The van der Waals surface area contributed by atoms with E-state index >= 15 is 0 Å². The lowest BCUT2D eigenvalue weighted by molar-refractivity contribution is -0.130. The van der Waals surface area contributed by atoms with Crippen LogP contribution in [-0.2, 0) is 4.79 Å². The Morgan fingerprint density at radius 3 is 2.32 bits per heavy atom. The molecule has 0 aromatic rings. The van der Waals surface area contributed by atoms with Crippen molar-refractivity contribution in [3.63, 3.8) is 0 Å². The molecule has 0 spiro atoms. The first kappa shape index (κ1) is 21.5. The lowest BCUT2D eigenvalue weighted by atomic mass is 10.00. The van der Waals surface area contributed by atoms with Gasteiger partial charge in [-0.1, -0.05) is 6.92 Å². The Bertz CT molecular complexity index is 337. The fourth-order valence-electron chi connectivity index (χ4n) is 2.64. The summed E-state index contributed by atoms with van der Waals surface area (Å²) >= 11 is 0. The summed E-state index contributed by atoms with van der Waals surface area (Å²) in [6, 6.07) is 0. The first-order chi connectivity index (χ1) is 10.1. The van der Waals surface area contributed by atoms with E-state index in [0.717, 1.165) is 44.6 Å². The number of aliphatic imine (C=N–C) groups is 1. The van der Waals surface area contributed by atoms with Gasteiger partial charge in [-0.2, -0.15) is 0 Å². The summed E-state index contributed by atoms with van der Waals surface area (Å²) < 4.78 is 0. The maximum atomic E-state index is 12.0. The number of carbonyl (C=O) groups excluding carboxylic acids is 1. The van der Waals surface area contributed by atoms with Gasteiger partial charge in [0.25, 0.3) is 0 Å². The highest BCUT2D eigenvalue weighted by Crippen LogP contribution is 2.15. The third kappa shape index (κ3) is 7.15. The molecule has 0 bridgehead atoms. The molecule has 1 aliphatic heterocycles. The number of hydrogen-bond donors (Lipinski definition) is 1. The average Bonchev–Trinajstić information content (AvgIpc) is 2.48. The minimum Gasteiger partial charge on any atom is -0.357 e. The van der Waals surface area contributed by atoms with Crippen molar-refractivity contribution >= 4 is 35.8 Å². The van der Waals surface area contributed by atoms with Gasteiger partial charge in [-0.05, 0) is 39.5 Å². The number of hydrogen-bond acceptors (Lipinski definition) is 2. The normalized spacial score (nSPS) is 16.2. The van der Waals surface area contributed by atoms with Crippen LogP contribution in [0.4, 0.5) is 0 Å². The van der Waals surface area contributed by atoms with Gasteiger partial charge >= 0.3 is 0 Å². The van der Waals surface area contributed by atoms with Gasteiger partial charge in [0.1, 0.15) is 0 Å². The second-order valence-electron chi connectivity index (χ2n) is 5.72. The SMILES string of the molecule is CCNC(=NCCC(=O)N(CC)CC)N1CCC(C)CC1.I. The molecule has 0 aromatic heterocycles. The molecular weight excluding hydrogens is 391 g/mol. The van der Waals surface area contributed by atoms with Crippen LogP contribution in [0.15, 0.2) is 4.99 Å². The predicted octanol–water partition coefficient (Wildman–Crippen LogP) is 2.56. The number of likely N-dealkylation sites (tertiary alicyclic amines) is 1. The van der Waals surface area contributed by atoms with E-state index in [9.17, 15) is 4.79 Å². The Hall–Kier alpha value is -0.530. The molecule has 130 valence electrons. The van der Waals surface area contributed by atoms with Crippen LogP contribution < -0.4 is 5.32 Å². The second-order valence-corrected chi connectivity index (χ2v) is 5.72. The molecular formula is C16H33IN4O. The largest absolute Gasteiger partial charge is 0.357 e. The third-order valence-corrected chi connectivity index (χ3v) is 4.12. The van der Waals surface area contributed by atoms with Gasteiger partial charge in [0, 0.05) is 39.1 Å². The molecule has 0 unspecified atom stereocenters. The molecule has 22 heavy (non-hydrogen) atoms. The summed E-state index contributed by atoms with van der Waals surface area (Å²) in [4.78, 5) is 20.8. The van der Waals surface area contributed by atoms with Crippen LogP contribution in [0.3, 0.4) is 0 Å². The summed E-state index contributed by atoms with van der Waals surface area (Å²) in [7, 11) is 0. The number of nitrogens with one attached hydrogen (secondary N) is 1. The molecule has 1 heterocycles. The molecule has 5 nitrogen and oxygen atoms in total. The zero-order valence-electron chi connectivity index (χ0n) is 14.6. The van der Waals surface area contributed by atoms with Crippen molar-refractivity contribution in [2.24, 2.45) is 10.9 Å². The van der Waals surface area contributed by atoms with Gasteiger partial charge in [-0.25, -0.2) is 0 Å². The Kier molecular flexibility index (Phi) is 11.7. The summed E-state index contributed by atoms with van der Waals surface area (Å²) in [6.07, 6.45) is 2.95. The van der Waals surface area contributed by atoms with Crippen molar-refractivity contribution in [1.82, 2.24) is 15.1 Å². The molecule has 1 rings (SSSR count). The van der Waals surface area contributed by atoms with E-state index in [2.05, 4.69) is 29.1 Å². The van der Waals surface area contributed by atoms with Crippen LogP contribution in [0.1, 0.15) is 47.0 Å². The molecule has 0 atom stereocenters. The van der Waals surface area contributed by atoms with Crippen molar-refractivity contribution < 1.29 is 4.79 Å². The maximum absolute atomic E-state index is 12.0. The highest BCUT2D eigenvalue weighted by molar-refractivity contribution is 14.0. The van der Waals surface area contributed by atoms with Gasteiger partial charge in [0.2, 0.25) is 5.91 Å². The first-order valence-electron chi connectivity index (χ1n) is 8.43. The Labute approximate surface area is 152 Å². The van der Waals surface area contributed by atoms with Crippen molar-refractivity contribution in [2.45, 2.75) is 47.0 Å². The summed E-state index contributed by atoms with van der Waals surface area (Å²) in [6.45, 7) is 13.6. The Balaban J connectivity index is 0.00000441. The average molecular weight is 424 g/mol. The van der Waals surface area contributed by atoms with Gasteiger partial charge in [0.05, 0.1) is 6.54 Å². The molecule has 0 saturated carbocycles. The number of amides is 1. The number of rotatable bonds is 6. The molecule has 1 amide bonds. The van der Waals surface area contributed by atoms with Crippen LogP contribution in [0.5, 0.6) is 0 Å². The molecule has 0 radical (unpaired) electrons. The van der Waals surface area contributed by atoms with Gasteiger partial charge in [-0.15, -0.1) is 24.0 Å². The van der Waals surface area contributed by atoms with Crippen LogP contribution >= 0.6 is 24.0 Å². The number of nitrogens with zero attached hydrogens (tertiary/aromatic N) is 3. The van der Waals surface area contributed by atoms with E-state index < -0.39 is 0 Å². The highest BCUT2D eigenvalue weighted by atomic mass is 127. The topological polar surface area (TPSA) is 47.9 Å². The lowest BCUT2D eigenvalue weighted by Gasteiger charge is -2.33. The number of carbonyl (C=O) groups is 1. The molecule has 6 heteroatoms. The summed E-state index contributed by atoms with van der Waals surface area (Å²) in [5.74, 6) is 1.98. The Morgan fingerprint density at radius 2 is 1.82 bits per heavy atom. The smallest absolute Gasteiger partial charge is 0.224 e. The van der Waals surface area contributed by atoms with Crippen molar-refractivity contribution in [3.8, 4) is 0 Å². The molecule has 0 aromatic carbocycles. The molecule has 1 aliphatic rings. The van der Waals surface area contributed by atoms with E-state index in [1.54, 1.807) is 0 Å². The van der Waals surface area contributed by atoms with Gasteiger partial charge in [0.15, 0.2) is 5.96 Å². The maximum Gasteiger partial charge on any atom is 0.224 e. The quantitative estimate of drug-likeness (QED) is 0.405. The zero-order chi connectivity index (χ0) is 15.7. The molecule has 1 saturated heterocycles. The Morgan fingerprint density at radius 1 is 1.23 bits per heavy atom. The number of guanidine groups is 1. The molecule has 1 N–H and O–H groups in total. The predicted molar refractivity (Wildman–Crippen MR) is 104 cm³/mol. The third-order valence-electron chi connectivity index (χ3n) is 4.12. The van der Waals surface area contributed by atoms with Crippen molar-refractivity contribution in [3.05, 3.63) is 0 Å². The highest BCUT2D eigenvalue weighted by Gasteiger charge is 2.18.